The SMILES string of the molecule is CC(C)S(=O)(=O)NCc1cc(C=CC(=O)O)cs1. The number of rotatable bonds is 6. The van der Waals surface area contributed by atoms with Crippen molar-refractivity contribution in [3.8, 4) is 0 Å². The van der Waals surface area contributed by atoms with Crippen LogP contribution in [0.3, 0.4) is 0 Å². The predicted octanol–water partition coefficient (Wildman–Crippen LogP) is 1.67. The monoisotopic (exact) mass is 289 g/mol. The average molecular weight is 289 g/mol. The minimum absolute atomic E-state index is 0.228. The third-order valence-corrected chi connectivity index (χ3v) is 4.90. The zero-order chi connectivity index (χ0) is 13.8. The van der Waals surface area contributed by atoms with Crippen LogP contribution in [0.15, 0.2) is 17.5 Å². The second-order valence-corrected chi connectivity index (χ2v) is 7.25. The Hall–Kier alpha value is -1.18. The van der Waals surface area contributed by atoms with E-state index in [0.717, 1.165) is 16.5 Å². The Morgan fingerprint density at radius 3 is 2.78 bits per heavy atom. The van der Waals surface area contributed by atoms with Crippen molar-refractivity contribution in [3.05, 3.63) is 28.0 Å². The van der Waals surface area contributed by atoms with E-state index in [1.165, 1.54) is 17.4 Å². The zero-order valence-electron chi connectivity index (χ0n) is 10.1. The number of thiophene rings is 1. The molecule has 2 N–H and O–H groups in total. The predicted molar refractivity (Wildman–Crippen MR) is 71.9 cm³/mol. The van der Waals surface area contributed by atoms with E-state index in [-0.39, 0.29) is 6.54 Å². The minimum Gasteiger partial charge on any atom is -0.478 e. The van der Waals surface area contributed by atoms with E-state index in [4.69, 9.17) is 5.11 Å². The van der Waals surface area contributed by atoms with Gasteiger partial charge in [0, 0.05) is 17.5 Å². The van der Waals surface area contributed by atoms with Gasteiger partial charge in [-0.2, -0.15) is 0 Å². The van der Waals surface area contributed by atoms with Gasteiger partial charge in [-0.1, -0.05) is 0 Å². The van der Waals surface area contributed by atoms with Gasteiger partial charge in [-0.15, -0.1) is 11.3 Å². The quantitative estimate of drug-likeness (QED) is 0.780. The molecule has 1 aromatic heterocycles. The fraction of sp³-hybridized carbons (Fsp3) is 0.364. The van der Waals surface area contributed by atoms with Gasteiger partial charge >= 0.3 is 5.97 Å². The summed E-state index contributed by atoms with van der Waals surface area (Å²) < 4.78 is 25.5. The van der Waals surface area contributed by atoms with Crippen LogP contribution in [0.4, 0.5) is 0 Å². The number of hydrogen-bond donors (Lipinski definition) is 2. The smallest absolute Gasteiger partial charge is 0.328 e. The lowest BCUT2D eigenvalue weighted by Gasteiger charge is -2.07. The molecule has 5 nitrogen and oxygen atoms in total. The molecule has 0 saturated heterocycles. The van der Waals surface area contributed by atoms with Gasteiger partial charge in [0.2, 0.25) is 10.0 Å². The number of sulfonamides is 1. The topological polar surface area (TPSA) is 83.5 Å². The maximum absolute atomic E-state index is 11.5. The van der Waals surface area contributed by atoms with E-state index in [1.807, 2.05) is 0 Å². The van der Waals surface area contributed by atoms with Crippen molar-refractivity contribution < 1.29 is 18.3 Å². The first-order chi connectivity index (χ1) is 8.31. The number of carboxylic acid groups (broad SMARTS) is 1. The largest absolute Gasteiger partial charge is 0.478 e. The maximum Gasteiger partial charge on any atom is 0.328 e. The van der Waals surface area contributed by atoms with Gasteiger partial charge in [-0.3, -0.25) is 0 Å². The molecule has 0 atom stereocenters. The van der Waals surface area contributed by atoms with E-state index in [2.05, 4.69) is 4.72 Å². The summed E-state index contributed by atoms with van der Waals surface area (Å²) in [6.45, 7) is 3.45. The van der Waals surface area contributed by atoms with E-state index in [0.29, 0.717) is 0 Å². The van der Waals surface area contributed by atoms with Crippen molar-refractivity contribution in [2.24, 2.45) is 0 Å². The zero-order valence-corrected chi connectivity index (χ0v) is 11.7. The van der Waals surface area contributed by atoms with Crippen LogP contribution >= 0.6 is 11.3 Å². The Balaban J connectivity index is 2.63. The third kappa shape index (κ3) is 4.59. The average Bonchev–Trinajstić information content (AvgIpc) is 2.71. The molecule has 0 unspecified atom stereocenters. The highest BCUT2D eigenvalue weighted by Crippen LogP contribution is 2.16. The summed E-state index contributed by atoms with van der Waals surface area (Å²) in [5.74, 6) is -1.01. The fourth-order valence-electron chi connectivity index (χ4n) is 1.08. The standard InChI is InChI=1S/C11H15NO4S2/c1-8(2)18(15,16)12-6-10-5-9(7-17-10)3-4-11(13)14/h3-5,7-8,12H,6H2,1-2H3,(H,13,14). The first kappa shape index (κ1) is 14.9. The van der Waals surface area contributed by atoms with E-state index < -0.39 is 21.2 Å². The summed E-state index contributed by atoms with van der Waals surface area (Å²) in [6.07, 6.45) is 2.52. The summed E-state index contributed by atoms with van der Waals surface area (Å²) in [5, 5.41) is 9.79. The van der Waals surface area contributed by atoms with Crippen molar-refractivity contribution in [3.63, 3.8) is 0 Å². The summed E-state index contributed by atoms with van der Waals surface area (Å²) in [5.41, 5.74) is 0.751. The number of carbonyl (C=O) groups is 1. The van der Waals surface area contributed by atoms with Crippen LogP contribution in [0.1, 0.15) is 24.3 Å². The van der Waals surface area contributed by atoms with Gasteiger partial charge in [0.05, 0.1) is 5.25 Å². The number of hydrogen-bond acceptors (Lipinski definition) is 4. The van der Waals surface area contributed by atoms with E-state index >= 15 is 0 Å². The highest BCUT2D eigenvalue weighted by Gasteiger charge is 2.15. The van der Waals surface area contributed by atoms with Crippen LogP contribution in [-0.2, 0) is 21.4 Å². The van der Waals surface area contributed by atoms with Crippen molar-refractivity contribution >= 4 is 33.4 Å². The van der Waals surface area contributed by atoms with Gasteiger partial charge < -0.3 is 5.11 Å². The maximum atomic E-state index is 11.5. The van der Waals surface area contributed by atoms with E-state index in [1.54, 1.807) is 25.3 Å². The molecule has 0 aromatic carbocycles. The Morgan fingerprint density at radius 1 is 1.56 bits per heavy atom. The van der Waals surface area contributed by atoms with Crippen molar-refractivity contribution in [2.75, 3.05) is 0 Å². The lowest BCUT2D eigenvalue weighted by molar-refractivity contribution is -0.131. The van der Waals surface area contributed by atoms with Crippen LogP contribution in [0.25, 0.3) is 6.08 Å². The molecule has 0 aliphatic heterocycles. The van der Waals surface area contributed by atoms with Crippen LogP contribution in [0.5, 0.6) is 0 Å². The van der Waals surface area contributed by atoms with Gasteiger partial charge in [0.15, 0.2) is 0 Å². The molecule has 18 heavy (non-hydrogen) atoms. The Labute approximate surface area is 110 Å². The molecule has 0 aliphatic rings. The summed E-state index contributed by atoms with van der Waals surface area (Å²) in [6, 6.07) is 1.76. The van der Waals surface area contributed by atoms with E-state index in [9.17, 15) is 13.2 Å². The Morgan fingerprint density at radius 2 is 2.22 bits per heavy atom. The molecule has 0 aliphatic carbocycles. The number of nitrogens with one attached hydrogen (secondary N) is 1. The molecule has 100 valence electrons. The summed E-state index contributed by atoms with van der Waals surface area (Å²) >= 11 is 1.38. The van der Waals surface area contributed by atoms with Crippen molar-refractivity contribution in [1.29, 1.82) is 0 Å². The molecule has 0 amide bonds. The summed E-state index contributed by atoms with van der Waals surface area (Å²) in [7, 11) is -3.27. The Bertz CT molecular complexity index is 543. The third-order valence-electron chi connectivity index (χ3n) is 2.16. The highest BCUT2D eigenvalue weighted by molar-refractivity contribution is 7.90. The normalized spacial score (nSPS) is 12.4. The molecular formula is C11H15NO4S2. The molecule has 0 radical (unpaired) electrons. The molecule has 1 rings (SSSR count). The lowest BCUT2D eigenvalue weighted by atomic mass is 10.3. The minimum atomic E-state index is -3.27. The second kappa shape index (κ2) is 6.12. The van der Waals surface area contributed by atoms with Crippen LogP contribution in [-0.4, -0.2) is 24.7 Å². The molecule has 1 heterocycles. The summed E-state index contributed by atoms with van der Waals surface area (Å²) in [4.78, 5) is 11.2. The first-order valence-electron chi connectivity index (χ1n) is 5.28. The van der Waals surface area contributed by atoms with Crippen LogP contribution < -0.4 is 4.72 Å². The van der Waals surface area contributed by atoms with Gasteiger partial charge in [-0.25, -0.2) is 17.9 Å². The molecule has 0 fully saturated rings. The molecule has 0 bridgehead atoms. The Kier molecular flexibility index (Phi) is 5.06. The highest BCUT2D eigenvalue weighted by atomic mass is 32.2. The lowest BCUT2D eigenvalue weighted by Crippen LogP contribution is -2.29. The fourth-order valence-corrected chi connectivity index (χ4v) is 2.66. The van der Waals surface area contributed by atoms with Crippen molar-refractivity contribution in [2.45, 2.75) is 25.6 Å². The van der Waals surface area contributed by atoms with Gasteiger partial charge in [0.1, 0.15) is 0 Å². The number of aliphatic carboxylic acids is 1. The molecule has 1 aromatic rings. The van der Waals surface area contributed by atoms with Gasteiger partial charge in [0.25, 0.3) is 0 Å². The second-order valence-electron chi connectivity index (χ2n) is 3.93. The van der Waals surface area contributed by atoms with Crippen LogP contribution in [0.2, 0.25) is 0 Å². The molecule has 0 saturated carbocycles. The van der Waals surface area contributed by atoms with Gasteiger partial charge in [-0.05, 0) is 36.9 Å². The molecular weight excluding hydrogens is 274 g/mol. The molecule has 0 spiro atoms. The first-order valence-corrected chi connectivity index (χ1v) is 7.71. The van der Waals surface area contributed by atoms with Crippen LogP contribution in [0, 0.1) is 0 Å². The van der Waals surface area contributed by atoms with Crippen molar-refractivity contribution in [1.82, 2.24) is 4.72 Å². The number of carboxylic acids is 1. The molecule has 7 heteroatoms.